The Bertz CT molecular complexity index is 224. The van der Waals surface area contributed by atoms with Gasteiger partial charge in [0.15, 0.2) is 5.82 Å². The number of halogens is 1. The zero-order valence-corrected chi connectivity index (χ0v) is 7.38. The van der Waals surface area contributed by atoms with E-state index in [-0.39, 0.29) is 0 Å². The Morgan fingerprint density at radius 1 is 1.60 bits per heavy atom. The molecule has 0 saturated carbocycles. The first-order valence-corrected chi connectivity index (χ1v) is 3.57. The van der Waals surface area contributed by atoms with Crippen LogP contribution >= 0.6 is 15.9 Å². The molecule has 0 amide bonds. The van der Waals surface area contributed by atoms with Crippen molar-refractivity contribution in [2.75, 3.05) is 19.0 Å². The van der Waals surface area contributed by atoms with Crippen molar-refractivity contribution in [1.82, 2.24) is 9.97 Å². The van der Waals surface area contributed by atoms with Crippen molar-refractivity contribution in [1.29, 1.82) is 0 Å². The molecule has 1 rings (SSSR count). The highest BCUT2D eigenvalue weighted by Gasteiger charge is 1.96. The van der Waals surface area contributed by atoms with E-state index in [2.05, 4.69) is 32.1 Å². The maximum Gasteiger partial charge on any atom is 0.157 e. The van der Waals surface area contributed by atoms with Gasteiger partial charge in [-0.25, -0.2) is 9.97 Å². The molecule has 3 nitrogen and oxygen atoms in total. The molecule has 0 fully saturated rings. The van der Waals surface area contributed by atoms with Gasteiger partial charge in [0.25, 0.3) is 0 Å². The van der Waals surface area contributed by atoms with Crippen LogP contribution in [0.2, 0.25) is 0 Å². The molecule has 0 aliphatic carbocycles. The Kier molecular flexibility index (Phi) is 2.21. The van der Waals surface area contributed by atoms with E-state index in [0.717, 1.165) is 10.4 Å². The molecule has 0 spiro atoms. The van der Waals surface area contributed by atoms with Gasteiger partial charge in [0.05, 0.1) is 6.20 Å². The van der Waals surface area contributed by atoms with Gasteiger partial charge in [-0.05, 0) is 15.9 Å². The van der Waals surface area contributed by atoms with Crippen LogP contribution in [-0.2, 0) is 0 Å². The normalized spacial score (nSPS) is 9.50. The summed E-state index contributed by atoms with van der Waals surface area (Å²) < 4.78 is 0.731. The molecule has 4 heteroatoms. The first kappa shape index (κ1) is 7.47. The first-order chi connectivity index (χ1) is 4.70. The lowest BCUT2D eigenvalue weighted by molar-refractivity contribution is 1.02. The average Bonchev–Trinajstić information content (AvgIpc) is 1.88. The van der Waals surface area contributed by atoms with E-state index in [9.17, 15) is 0 Å². The number of nitrogens with zero attached hydrogens (tertiary/aromatic N) is 3. The monoisotopic (exact) mass is 200 g/mol. The van der Waals surface area contributed by atoms with E-state index in [4.69, 9.17) is 0 Å². The van der Waals surface area contributed by atoms with Crippen LogP contribution in [0.25, 0.3) is 0 Å². The maximum atomic E-state index is 4.10. The predicted octanol–water partition coefficient (Wildman–Crippen LogP) is 1.11. The van der Waals surface area contributed by atoms with Crippen LogP contribution in [0.4, 0.5) is 5.82 Å². The summed E-state index contributed by atoms with van der Waals surface area (Å²) in [7, 11) is 3.79. The summed E-state index contributed by atoms with van der Waals surface area (Å²) in [4.78, 5) is 9.77. The summed E-state index contributed by atoms with van der Waals surface area (Å²) in [6.07, 6.45) is 4.35. The van der Waals surface area contributed by atoms with E-state index >= 15 is 0 Å². The minimum Gasteiger partial charge on any atom is -0.361 e. The lowest BCUT2D eigenvalue weighted by Gasteiger charge is -2.08. The number of rotatable bonds is 1. The molecule has 0 saturated heterocycles. The van der Waals surface area contributed by atoms with Crippen molar-refractivity contribution in [2.24, 2.45) is 0 Å². The fourth-order valence-corrected chi connectivity index (χ4v) is 0.769. The maximum absolute atomic E-state index is 4.10. The molecule has 0 aliphatic rings. The zero-order chi connectivity index (χ0) is 7.56. The second-order valence-electron chi connectivity index (χ2n) is 2.02. The Morgan fingerprint density at radius 2 is 2.30 bits per heavy atom. The van der Waals surface area contributed by atoms with Crippen LogP contribution in [0, 0.1) is 6.20 Å². The Morgan fingerprint density at radius 3 is 2.70 bits per heavy atom. The third kappa shape index (κ3) is 1.67. The van der Waals surface area contributed by atoms with Gasteiger partial charge in [-0.2, -0.15) is 0 Å². The van der Waals surface area contributed by atoms with Crippen LogP contribution in [0.5, 0.6) is 0 Å². The lowest BCUT2D eigenvalue weighted by atomic mass is 10.6. The molecule has 0 aliphatic heterocycles. The highest BCUT2D eigenvalue weighted by atomic mass is 79.9. The van der Waals surface area contributed by atoms with E-state index in [1.165, 1.54) is 0 Å². The van der Waals surface area contributed by atoms with Gasteiger partial charge in [0.1, 0.15) is 10.8 Å². The summed E-state index contributed by atoms with van der Waals surface area (Å²) in [6, 6.07) is 0. The molecule has 1 aromatic rings. The van der Waals surface area contributed by atoms with Gasteiger partial charge < -0.3 is 4.90 Å². The summed E-state index contributed by atoms with van der Waals surface area (Å²) in [5.74, 6) is 0.731. The van der Waals surface area contributed by atoms with E-state index < -0.39 is 0 Å². The van der Waals surface area contributed by atoms with Crippen LogP contribution < -0.4 is 4.90 Å². The van der Waals surface area contributed by atoms with Gasteiger partial charge >= 0.3 is 0 Å². The van der Waals surface area contributed by atoms with Gasteiger partial charge in [0.2, 0.25) is 0 Å². The molecule has 0 N–H and O–H groups in total. The number of hydrogen-bond donors (Lipinski definition) is 0. The molecule has 0 unspecified atom stereocenters. The van der Waals surface area contributed by atoms with Crippen molar-refractivity contribution in [3.05, 3.63) is 17.0 Å². The molecular weight excluding hydrogens is 194 g/mol. The van der Waals surface area contributed by atoms with Crippen LogP contribution in [0.3, 0.4) is 0 Å². The van der Waals surface area contributed by atoms with Crippen LogP contribution in [0.1, 0.15) is 0 Å². The fraction of sp³-hybridized carbons (Fsp3) is 0.333. The Labute approximate surface area is 68.2 Å². The largest absolute Gasteiger partial charge is 0.361 e. The van der Waals surface area contributed by atoms with E-state index in [0.29, 0.717) is 0 Å². The Hall–Kier alpha value is -0.640. The standard InChI is InChI=1S/C6H7BrN3/c1-10(2)6-4-8-3-5(7)9-6/h3H,1-2H3. The molecule has 0 atom stereocenters. The highest BCUT2D eigenvalue weighted by molar-refractivity contribution is 9.10. The second-order valence-corrected chi connectivity index (χ2v) is 2.84. The summed E-state index contributed by atoms with van der Waals surface area (Å²) in [6.45, 7) is 0. The van der Waals surface area contributed by atoms with Crippen molar-refractivity contribution < 1.29 is 0 Å². The minimum absolute atomic E-state index is 0.731. The van der Waals surface area contributed by atoms with Crippen LogP contribution in [-0.4, -0.2) is 24.1 Å². The number of aromatic nitrogens is 2. The zero-order valence-electron chi connectivity index (χ0n) is 5.80. The van der Waals surface area contributed by atoms with Gasteiger partial charge in [-0.3, -0.25) is 0 Å². The van der Waals surface area contributed by atoms with Crippen molar-refractivity contribution in [2.45, 2.75) is 0 Å². The Balaban J connectivity index is 2.96. The summed E-state index contributed by atoms with van der Waals surface area (Å²) in [5.41, 5.74) is 0. The van der Waals surface area contributed by atoms with Crippen molar-refractivity contribution >= 4 is 21.7 Å². The summed E-state index contributed by atoms with van der Waals surface area (Å²) in [5, 5.41) is 0. The molecule has 1 radical (unpaired) electrons. The van der Waals surface area contributed by atoms with Crippen LogP contribution in [0.15, 0.2) is 10.8 Å². The summed E-state index contributed by atoms with van der Waals surface area (Å²) >= 11 is 3.21. The first-order valence-electron chi connectivity index (χ1n) is 2.77. The number of hydrogen-bond acceptors (Lipinski definition) is 3. The molecule has 10 heavy (non-hydrogen) atoms. The lowest BCUT2D eigenvalue weighted by Crippen LogP contribution is -2.10. The van der Waals surface area contributed by atoms with E-state index in [1.807, 2.05) is 19.0 Å². The van der Waals surface area contributed by atoms with Crippen molar-refractivity contribution in [3.63, 3.8) is 0 Å². The highest BCUT2D eigenvalue weighted by Crippen LogP contribution is 2.08. The predicted molar refractivity (Wildman–Crippen MR) is 42.9 cm³/mol. The molecular formula is C6H7BrN3. The number of anilines is 1. The molecule has 53 valence electrons. The second kappa shape index (κ2) is 2.96. The van der Waals surface area contributed by atoms with Gasteiger partial charge in [-0.1, -0.05) is 0 Å². The molecule has 1 heterocycles. The van der Waals surface area contributed by atoms with Crippen molar-refractivity contribution in [3.8, 4) is 0 Å². The average molecular weight is 201 g/mol. The third-order valence-corrected chi connectivity index (χ3v) is 1.35. The molecule has 0 bridgehead atoms. The topological polar surface area (TPSA) is 29.0 Å². The molecule has 0 aromatic carbocycles. The van der Waals surface area contributed by atoms with Gasteiger partial charge in [0, 0.05) is 14.1 Å². The van der Waals surface area contributed by atoms with E-state index in [1.54, 1.807) is 6.20 Å². The quantitative estimate of drug-likeness (QED) is 0.681. The molecule has 1 aromatic heterocycles. The van der Waals surface area contributed by atoms with Gasteiger partial charge in [-0.15, -0.1) is 0 Å². The smallest absolute Gasteiger partial charge is 0.157 e. The third-order valence-electron chi connectivity index (χ3n) is 0.972. The minimum atomic E-state index is 0.731. The SMILES string of the molecule is CN(C)c1[c]ncc(Br)n1. The fourth-order valence-electron chi connectivity index (χ4n) is 0.498.